The minimum absolute atomic E-state index is 0.532. The van der Waals surface area contributed by atoms with Gasteiger partial charge in [0.2, 0.25) is 0 Å². The predicted molar refractivity (Wildman–Crippen MR) is 39.5 cm³/mol. The number of hydrogen-bond donors (Lipinski definition) is 0. The predicted octanol–water partition coefficient (Wildman–Crippen LogP) is 2.07. The number of halogens is 1. The van der Waals surface area contributed by atoms with Gasteiger partial charge in [0, 0.05) is 5.92 Å². The van der Waals surface area contributed by atoms with Crippen LogP contribution in [0.4, 0.5) is 0 Å². The SMILES string of the molecule is CC1C(Br)=CCC2OC21. The fourth-order valence-corrected chi connectivity index (χ4v) is 1.80. The molecule has 1 nitrogen and oxygen atoms in total. The summed E-state index contributed by atoms with van der Waals surface area (Å²) < 4.78 is 6.70. The molecule has 3 atom stereocenters. The van der Waals surface area contributed by atoms with Crippen LogP contribution in [0.5, 0.6) is 0 Å². The van der Waals surface area contributed by atoms with Crippen molar-refractivity contribution in [2.45, 2.75) is 25.6 Å². The Bertz CT molecular complexity index is 164. The van der Waals surface area contributed by atoms with Gasteiger partial charge in [-0.2, -0.15) is 0 Å². The van der Waals surface area contributed by atoms with Gasteiger partial charge < -0.3 is 4.74 Å². The first-order valence-corrected chi connectivity index (χ1v) is 4.09. The van der Waals surface area contributed by atoms with Crippen molar-refractivity contribution in [1.29, 1.82) is 0 Å². The van der Waals surface area contributed by atoms with Crippen LogP contribution in [0.1, 0.15) is 13.3 Å². The highest BCUT2D eigenvalue weighted by atomic mass is 79.9. The summed E-state index contributed by atoms with van der Waals surface area (Å²) in [6, 6.07) is 0. The molecule has 2 aliphatic rings. The first-order valence-electron chi connectivity index (χ1n) is 3.30. The molecule has 2 heteroatoms. The molecule has 0 aromatic heterocycles. The third-order valence-electron chi connectivity index (χ3n) is 2.09. The number of rotatable bonds is 0. The van der Waals surface area contributed by atoms with E-state index in [2.05, 4.69) is 28.9 Å². The highest BCUT2D eigenvalue weighted by Crippen LogP contribution is 2.42. The normalized spacial score (nSPS) is 47.8. The summed E-state index contributed by atoms with van der Waals surface area (Å²) in [5.41, 5.74) is 0. The molecule has 9 heavy (non-hydrogen) atoms. The number of epoxide rings is 1. The van der Waals surface area contributed by atoms with Crippen LogP contribution in [0, 0.1) is 5.92 Å². The molecule has 1 aliphatic carbocycles. The molecular weight excluding hydrogens is 180 g/mol. The number of fused-ring (bicyclic) bond motifs is 1. The van der Waals surface area contributed by atoms with Gasteiger partial charge in [0.25, 0.3) is 0 Å². The third kappa shape index (κ3) is 0.849. The van der Waals surface area contributed by atoms with Crippen molar-refractivity contribution in [1.82, 2.24) is 0 Å². The van der Waals surface area contributed by atoms with E-state index >= 15 is 0 Å². The van der Waals surface area contributed by atoms with E-state index in [-0.39, 0.29) is 0 Å². The Morgan fingerprint density at radius 2 is 2.56 bits per heavy atom. The molecule has 1 aliphatic heterocycles. The van der Waals surface area contributed by atoms with E-state index in [1.807, 2.05) is 0 Å². The second kappa shape index (κ2) is 1.83. The van der Waals surface area contributed by atoms with Gasteiger partial charge in [-0.1, -0.05) is 28.9 Å². The van der Waals surface area contributed by atoms with E-state index in [1.54, 1.807) is 0 Å². The molecule has 0 bridgehead atoms. The average molecular weight is 189 g/mol. The van der Waals surface area contributed by atoms with Crippen molar-refractivity contribution in [3.63, 3.8) is 0 Å². The Labute approximate surface area is 63.2 Å². The summed E-state index contributed by atoms with van der Waals surface area (Å²) in [4.78, 5) is 0. The van der Waals surface area contributed by atoms with Crippen LogP contribution < -0.4 is 0 Å². The van der Waals surface area contributed by atoms with Crippen LogP contribution in [0.15, 0.2) is 10.6 Å². The van der Waals surface area contributed by atoms with Crippen LogP contribution in [-0.2, 0) is 4.74 Å². The standard InChI is InChI=1S/C7H9BrO/c1-4-5(8)2-3-6-7(4)9-6/h2,4,6-7H,3H2,1H3. The zero-order valence-corrected chi connectivity index (χ0v) is 6.89. The largest absolute Gasteiger partial charge is 0.369 e. The summed E-state index contributed by atoms with van der Waals surface area (Å²) in [5.74, 6) is 0.601. The fraction of sp³-hybridized carbons (Fsp3) is 0.714. The van der Waals surface area contributed by atoms with E-state index in [1.165, 1.54) is 4.48 Å². The average Bonchev–Trinajstić information content (AvgIpc) is 2.58. The van der Waals surface area contributed by atoms with Crippen LogP contribution >= 0.6 is 15.9 Å². The Hall–Kier alpha value is 0.180. The molecule has 2 rings (SSSR count). The quantitative estimate of drug-likeness (QED) is 0.531. The van der Waals surface area contributed by atoms with E-state index in [0.717, 1.165) is 6.42 Å². The lowest BCUT2D eigenvalue weighted by molar-refractivity contribution is 0.351. The summed E-state index contributed by atoms with van der Waals surface area (Å²) in [7, 11) is 0. The summed E-state index contributed by atoms with van der Waals surface area (Å²) >= 11 is 3.50. The van der Waals surface area contributed by atoms with Gasteiger partial charge in [0.1, 0.15) is 0 Å². The van der Waals surface area contributed by atoms with Crippen molar-refractivity contribution in [2.75, 3.05) is 0 Å². The lowest BCUT2D eigenvalue weighted by Crippen LogP contribution is -2.10. The van der Waals surface area contributed by atoms with Gasteiger partial charge in [-0.3, -0.25) is 0 Å². The van der Waals surface area contributed by atoms with Crippen molar-refractivity contribution < 1.29 is 4.74 Å². The van der Waals surface area contributed by atoms with Crippen molar-refractivity contribution in [3.8, 4) is 0 Å². The second-order valence-electron chi connectivity index (χ2n) is 2.75. The van der Waals surface area contributed by atoms with Crippen molar-refractivity contribution in [3.05, 3.63) is 10.6 Å². The molecular formula is C7H9BrO. The van der Waals surface area contributed by atoms with E-state index in [0.29, 0.717) is 18.1 Å². The third-order valence-corrected chi connectivity index (χ3v) is 3.14. The molecule has 0 radical (unpaired) electrons. The van der Waals surface area contributed by atoms with Gasteiger partial charge in [0.15, 0.2) is 0 Å². The highest BCUT2D eigenvalue weighted by molar-refractivity contribution is 9.11. The molecule has 0 aromatic carbocycles. The molecule has 3 unspecified atom stereocenters. The molecule has 0 saturated carbocycles. The Morgan fingerprint density at radius 3 is 3.22 bits per heavy atom. The first-order chi connectivity index (χ1) is 4.29. The maximum absolute atomic E-state index is 5.38. The van der Waals surface area contributed by atoms with Crippen LogP contribution in [-0.4, -0.2) is 12.2 Å². The lowest BCUT2D eigenvalue weighted by Gasteiger charge is -2.10. The van der Waals surface area contributed by atoms with Crippen LogP contribution in [0.3, 0.4) is 0 Å². The summed E-state index contributed by atoms with van der Waals surface area (Å²) in [6.45, 7) is 2.20. The fourth-order valence-electron chi connectivity index (χ4n) is 1.36. The van der Waals surface area contributed by atoms with Crippen molar-refractivity contribution >= 4 is 15.9 Å². The van der Waals surface area contributed by atoms with Gasteiger partial charge in [-0.25, -0.2) is 0 Å². The molecule has 1 saturated heterocycles. The van der Waals surface area contributed by atoms with Crippen LogP contribution in [0.2, 0.25) is 0 Å². The van der Waals surface area contributed by atoms with Gasteiger partial charge in [0.05, 0.1) is 12.2 Å². The molecule has 0 N–H and O–H groups in total. The van der Waals surface area contributed by atoms with E-state index < -0.39 is 0 Å². The molecule has 1 fully saturated rings. The maximum atomic E-state index is 5.38. The first kappa shape index (κ1) is 5.93. The zero-order chi connectivity index (χ0) is 6.43. The van der Waals surface area contributed by atoms with Crippen LogP contribution in [0.25, 0.3) is 0 Å². The number of hydrogen-bond acceptors (Lipinski definition) is 1. The van der Waals surface area contributed by atoms with E-state index in [9.17, 15) is 0 Å². The van der Waals surface area contributed by atoms with Crippen molar-refractivity contribution in [2.24, 2.45) is 5.92 Å². The minimum Gasteiger partial charge on any atom is -0.369 e. The Kier molecular flexibility index (Phi) is 1.21. The molecule has 50 valence electrons. The summed E-state index contributed by atoms with van der Waals surface area (Å²) in [6.07, 6.45) is 4.42. The molecule has 0 aromatic rings. The smallest absolute Gasteiger partial charge is 0.0915 e. The maximum Gasteiger partial charge on any atom is 0.0915 e. The van der Waals surface area contributed by atoms with Gasteiger partial charge >= 0.3 is 0 Å². The molecule has 0 spiro atoms. The lowest BCUT2D eigenvalue weighted by atomic mass is 9.98. The highest BCUT2D eigenvalue weighted by Gasteiger charge is 2.45. The van der Waals surface area contributed by atoms with E-state index in [4.69, 9.17) is 4.74 Å². The van der Waals surface area contributed by atoms with Gasteiger partial charge in [-0.05, 0) is 10.9 Å². The second-order valence-corrected chi connectivity index (χ2v) is 3.67. The topological polar surface area (TPSA) is 12.5 Å². The molecule has 0 amide bonds. The molecule has 1 heterocycles. The Morgan fingerprint density at radius 1 is 1.78 bits per heavy atom. The Balaban J connectivity index is 2.18. The summed E-state index contributed by atoms with van der Waals surface area (Å²) in [5, 5.41) is 0. The van der Waals surface area contributed by atoms with Gasteiger partial charge in [-0.15, -0.1) is 0 Å². The zero-order valence-electron chi connectivity index (χ0n) is 5.30. The monoisotopic (exact) mass is 188 g/mol. The number of ether oxygens (including phenoxy) is 1. The minimum atomic E-state index is 0.532.